The van der Waals surface area contributed by atoms with Crippen molar-refractivity contribution in [2.75, 3.05) is 0 Å². The smallest absolute Gasteiger partial charge is 0.283 e. The van der Waals surface area contributed by atoms with E-state index < -0.39 is 0 Å². The number of para-hydroxylation sites is 1. The van der Waals surface area contributed by atoms with E-state index in [0.717, 1.165) is 10.8 Å². The summed E-state index contributed by atoms with van der Waals surface area (Å²) < 4.78 is 7.37. The normalized spacial score (nSPS) is 12.8. The molecule has 0 aliphatic carbocycles. The molecule has 4 rings (SSSR count). The Morgan fingerprint density at radius 1 is 1.04 bits per heavy atom. The van der Waals surface area contributed by atoms with Gasteiger partial charge in [0.05, 0.1) is 10.9 Å². The maximum Gasteiger partial charge on any atom is 0.283 e. The van der Waals surface area contributed by atoms with E-state index in [-0.39, 0.29) is 11.7 Å². The molecule has 2 heterocycles. The third kappa shape index (κ3) is 2.97. The van der Waals surface area contributed by atoms with Gasteiger partial charge >= 0.3 is 0 Å². The number of benzene rings is 2. The van der Waals surface area contributed by atoms with Crippen molar-refractivity contribution in [2.45, 2.75) is 32.8 Å². The van der Waals surface area contributed by atoms with Gasteiger partial charge in [0.25, 0.3) is 5.56 Å². The largest absolute Gasteiger partial charge is 0.483 e. The second kappa shape index (κ2) is 6.53. The van der Waals surface area contributed by atoms with Gasteiger partial charge in [0.15, 0.2) is 5.01 Å². The molecule has 4 aromatic rings. The van der Waals surface area contributed by atoms with Crippen LogP contribution >= 0.6 is 11.3 Å². The van der Waals surface area contributed by atoms with Gasteiger partial charge in [-0.2, -0.15) is 9.61 Å². The van der Waals surface area contributed by atoms with Gasteiger partial charge < -0.3 is 4.74 Å². The molecule has 0 amide bonds. The number of aromatic nitrogens is 3. The summed E-state index contributed by atoms with van der Waals surface area (Å²) in [6, 6.07) is 15.4. The number of nitrogens with zero attached hydrogens (tertiary/aromatic N) is 3. The lowest BCUT2D eigenvalue weighted by Gasteiger charge is -2.13. The standard InChI is InChI=1S/C20H19N3O2S/c1-12(2)14-8-10-15(11-9-14)25-13(3)18-22-23-19(24)16-6-4-5-7-17(16)21-20(23)26-18/h4-13H,1-3H3/t13-/m0/s1. The molecule has 0 unspecified atom stereocenters. The predicted molar refractivity (Wildman–Crippen MR) is 104 cm³/mol. The van der Waals surface area contributed by atoms with E-state index in [4.69, 9.17) is 4.74 Å². The van der Waals surface area contributed by atoms with E-state index in [1.165, 1.54) is 21.4 Å². The number of fused-ring (bicyclic) bond motifs is 2. The lowest BCUT2D eigenvalue weighted by atomic mass is 10.0. The summed E-state index contributed by atoms with van der Waals surface area (Å²) in [6.45, 7) is 6.25. The second-order valence-corrected chi connectivity index (χ2v) is 7.54. The molecule has 6 heteroatoms. The molecule has 5 nitrogen and oxygen atoms in total. The molecular weight excluding hydrogens is 346 g/mol. The monoisotopic (exact) mass is 365 g/mol. The highest BCUT2D eigenvalue weighted by molar-refractivity contribution is 7.16. The molecule has 0 aliphatic rings. The van der Waals surface area contributed by atoms with Crippen molar-refractivity contribution in [3.63, 3.8) is 0 Å². The summed E-state index contributed by atoms with van der Waals surface area (Å²) in [6.07, 6.45) is -0.269. The number of ether oxygens (including phenoxy) is 1. The third-order valence-electron chi connectivity index (χ3n) is 4.33. The Bertz CT molecular complexity index is 1130. The van der Waals surface area contributed by atoms with Gasteiger partial charge in [-0.15, -0.1) is 0 Å². The highest BCUT2D eigenvalue weighted by atomic mass is 32.1. The minimum Gasteiger partial charge on any atom is -0.483 e. The van der Waals surface area contributed by atoms with Gasteiger partial charge in [0.1, 0.15) is 11.9 Å². The SMILES string of the molecule is CC(C)c1ccc(O[C@@H](C)c2nn3c(=O)c4ccccc4nc3s2)cc1. The number of hydrogen-bond acceptors (Lipinski definition) is 5. The number of hydrogen-bond donors (Lipinski definition) is 0. The Morgan fingerprint density at radius 2 is 1.77 bits per heavy atom. The van der Waals surface area contributed by atoms with Crippen LogP contribution in [0.25, 0.3) is 15.9 Å². The van der Waals surface area contributed by atoms with Gasteiger partial charge in [-0.1, -0.05) is 49.4 Å². The van der Waals surface area contributed by atoms with Crippen LogP contribution < -0.4 is 10.3 Å². The Labute approximate surface area is 154 Å². The maximum absolute atomic E-state index is 12.6. The van der Waals surface area contributed by atoms with Crippen LogP contribution in [0, 0.1) is 0 Å². The van der Waals surface area contributed by atoms with E-state index in [1.807, 2.05) is 37.3 Å². The van der Waals surface area contributed by atoms with Crippen LogP contribution in [0.2, 0.25) is 0 Å². The van der Waals surface area contributed by atoms with Crippen LogP contribution in [-0.4, -0.2) is 14.6 Å². The maximum atomic E-state index is 12.6. The van der Waals surface area contributed by atoms with Crippen molar-refractivity contribution in [2.24, 2.45) is 0 Å². The molecule has 0 aliphatic heterocycles. The van der Waals surface area contributed by atoms with E-state index in [1.54, 1.807) is 6.07 Å². The Hall–Kier alpha value is -2.73. The van der Waals surface area contributed by atoms with Crippen molar-refractivity contribution in [1.29, 1.82) is 0 Å². The number of rotatable bonds is 4. The molecule has 0 fully saturated rings. The average Bonchev–Trinajstić information content (AvgIpc) is 3.07. The van der Waals surface area contributed by atoms with Crippen molar-refractivity contribution < 1.29 is 4.74 Å². The Balaban J connectivity index is 1.66. The summed E-state index contributed by atoms with van der Waals surface area (Å²) >= 11 is 1.38. The van der Waals surface area contributed by atoms with Crippen molar-refractivity contribution in [1.82, 2.24) is 14.6 Å². The molecule has 132 valence electrons. The van der Waals surface area contributed by atoms with Crippen LogP contribution in [0.4, 0.5) is 0 Å². The zero-order valence-corrected chi connectivity index (χ0v) is 15.7. The molecule has 0 saturated carbocycles. The highest BCUT2D eigenvalue weighted by Gasteiger charge is 2.16. The molecule has 0 saturated heterocycles. The summed E-state index contributed by atoms with van der Waals surface area (Å²) in [7, 11) is 0. The van der Waals surface area contributed by atoms with E-state index in [9.17, 15) is 4.79 Å². The van der Waals surface area contributed by atoms with Crippen molar-refractivity contribution in [3.05, 3.63) is 69.5 Å². The Kier molecular flexibility index (Phi) is 4.20. The molecule has 2 aromatic carbocycles. The first-order chi connectivity index (χ1) is 12.5. The van der Waals surface area contributed by atoms with E-state index >= 15 is 0 Å². The molecule has 0 bridgehead atoms. The van der Waals surface area contributed by atoms with Crippen LogP contribution in [0.3, 0.4) is 0 Å². The molecular formula is C20H19N3O2S. The zero-order chi connectivity index (χ0) is 18.3. The second-order valence-electron chi connectivity index (χ2n) is 6.55. The predicted octanol–water partition coefficient (Wildman–Crippen LogP) is 4.57. The van der Waals surface area contributed by atoms with Crippen LogP contribution in [0.5, 0.6) is 5.75 Å². The molecule has 0 radical (unpaired) electrons. The van der Waals surface area contributed by atoms with Crippen molar-refractivity contribution in [3.8, 4) is 5.75 Å². The van der Waals surface area contributed by atoms with Crippen LogP contribution in [0.1, 0.15) is 43.4 Å². The average molecular weight is 365 g/mol. The first-order valence-corrected chi connectivity index (χ1v) is 9.39. The molecule has 1 atom stereocenters. The zero-order valence-electron chi connectivity index (χ0n) is 14.8. The summed E-state index contributed by atoms with van der Waals surface area (Å²) in [5, 5.41) is 5.73. The minimum absolute atomic E-state index is 0.151. The topological polar surface area (TPSA) is 56.5 Å². The van der Waals surface area contributed by atoms with Gasteiger partial charge in [0, 0.05) is 0 Å². The van der Waals surface area contributed by atoms with Gasteiger partial charge in [-0.3, -0.25) is 4.79 Å². The first-order valence-electron chi connectivity index (χ1n) is 8.58. The molecule has 2 aromatic heterocycles. The van der Waals surface area contributed by atoms with Gasteiger partial charge in [-0.05, 0) is 42.7 Å². The summed E-state index contributed by atoms with van der Waals surface area (Å²) in [4.78, 5) is 17.7. The first kappa shape index (κ1) is 16.7. The van der Waals surface area contributed by atoms with Gasteiger partial charge in [0.2, 0.25) is 4.96 Å². The van der Waals surface area contributed by atoms with Crippen LogP contribution in [-0.2, 0) is 0 Å². The fraction of sp³-hybridized carbons (Fsp3) is 0.250. The highest BCUT2D eigenvalue weighted by Crippen LogP contribution is 2.26. The molecule has 0 spiro atoms. The minimum atomic E-state index is -0.269. The summed E-state index contributed by atoms with van der Waals surface area (Å²) in [5.41, 5.74) is 1.81. The lowest BCUT2D eigenvalue weighted by Crippen LogP contribution is -2.15. The molecule has 0 N–H and O–H groups in total. The van der Waals surface area contributed by atoms with Crippen LogP contribution in [0.15, 0.2) is 53.3 Å². The third-order valence-corrected chi connectivity index (χ3v) is 5.40. The van der Waals surface area contributed by atoms with Gasteiger partial charge in [-0.25, -0.2) is 4.98 Å². The van der Waals surface area contributed by atoms with E-state index in [0.29, 0.717) is 21.8 Å². The lowest BCUT2D eigenvalue weighted by molar-refractivity contribution is 0.225. The summed E-state index contributed by atoms with van der Waals surface area (Å²) in [5.74, 6) is 1.27. The fourth-order valence-electron chi connectivity index (χ4n) is 2.82. The quantitative estimate of drug-likeness (QED) is 0.532. The Morgan fingerprint density at radius 3 is 2.50 bits per heavy atom. The fourth-order valence-corrected chi connectivity index (χ4v) is 3.70. The van der Waals surface area contributed by atoms with E-state index in [2.05, 4.69) is 36.1 Å². The molecule has 26 heavy (non-hydrogen) atoms. The van der Waals surface area contributed by atoms with Crippen molar-refractivity contribution >= 4 is 27.2 Å².